The molecule has 0 spiro atoms. The van der Waals surface area contributed by atoms with Crippen LogP contribution in [0.2, 0.25) is 0 Å². The Hall–Kier alpha value is -1.09. The molecule has 0 fully saturated rings. The Kier molecular flexibility index (Phi) is 5.36. The van der Waals surface area contributed by atoms with Crippen molar-refractivity contribution in [3.05, 3.63) is 22.7 Å². The molecule has 0 saturated heterocycles. The van der Waals surface area contributed by atoms with E-state index in [0.717, 1.165) is 0 Å². The van der Waals surface area contributed by atoms with Gasteiger partial charge in [-0.05, 0) is 18.2 Å². The molecule has 0 radical (unpaired) electrons. The van der Waals surface area contributed by atoms with Gasteiger partial charge in [-0.2, -0.15) is 13.2 Å². The van der Waals surface area contributed by atoms with Gasteiger partial charge in [-0.25, -0.2) is 0 Å². The van der Waals surface area contributed by atoms with E-state index in [1.807, 2.05) is 0 Å². The van der Waals surface area contributed by atoms with Gasteiger partial charge >= 0.3 is 6.18 Å². The number of rotatable bonds is 4. The monoisotopic (exact) mass is 358 g/mol. The van der Waals surface area contributed by atoms with Crippen LogP contribution in [-0.4, -0.2) is 28.6 Å². The number of nitrogens with one attached hydrogen (secondary N) is 1. The van der Waals surface area contributed by atoms with Crippen LogP contribution in [-0.2, 0) is 15.6 Å². The highest BCUT2D eigenvalue weighted by molar-refractivity contribution is 9.10. The summed E-state index contributed by atoms with van der Waals surface area (Å²) in [5.41, 5.74) is 5.81. The fourth-order valence-electron chi connectivity index (χ4n) is 1.17. The molecule has 0 bridgehead atoms. The standard InChI is InChI=1S/C10H10BrF3N2O2S/c11-6-1-2-8(7(15)3-6)19(18)4-9(17)16-5-10(12,13)14/h1-3H,4-5,15H2,(H,16,17). The summed E-state index contributed by atoms with van der Waals surface area (Å²) in [6.07, 6.45) is -4.49. The number of halogens is 4. The van der Waals surface area contributed by atoms with E-state index in [-0.39, 0.29) is 10.6 Å². The van der Waals surface area contributed by atoms with Crippen LogP contribution in [0.25, 0.3) is 0 Å². The highest BCUT2D eigenvalue weighted by Crippen LogP contribution is 2.21. The van der Waals surface area contributed by atoms with Crippen molar-refractivity contribution in [3.8, 4) is 0 Å². The molecule has 3 N–H and O–H groups in total. The molecule has 1 amide bonds. The average molecular weight is 359 g/mol. The van der Waals surface area contributed by atoms with Gasteiger partial charge in [-0.3, -0.25) is 9.00 Å². The van der Waals surface area contributed by atoms with E-state index in [2.05, 4.69) is 15.9 Å². The molecule has 4 nitrogen and oxygen atoms in total. The van der Waals surface area contributed by atoms with Gasteiger partial charge in [0.15, 0.2) is 0 Å². The number of nitrogens with two attached hydrogens (primary N) is 1. The smallest absolute Gasteiger partial charge is 0.398 e. The molecule has 0 heterocycles. The zero-order valence-electron chi connectivity index (χ0n) is 9.46. The predicted molar refractivity (Wildman–Crippen MR) is 68.9 cm³/mol. The molecule has 0 aliphatic rings. The number of carbonyl (C=O) groups excluding carboxylic acids is 1. The summed E-state index contributed by atoms with van der Waals surface area (Å²) in [6, 6.07) is 4.53. The lowest BCUT2D eigenvalue weighted by molar-refractivity contribution is -0.136. The van der Waals surface area contributed by atoms with Crippen molar-refractivity contribution >= 4 is 38.3 Å². The number of amides is 1. The molecule has 1 atom stereocenters. The van der Waals surface area contributed by atoms with Gasteiger partial charge in [-0.1, -0.05) is 15.9 Å². The second kappa shape index (κ2) is 6.38. The summed E-state index contributed by atoms with van der Waals surface area (Å²) in [7, 11) is -1.79. The molecule has 0 aliphatic heterocycles. The molecule has 0 aliphatic carbocycles. The Morgan fingerprint density at radius 2 is 2.05 bits per heavy atom. The number of benzene rings is 1. The number of anilines is 1. The number of alkyl halides is 3. The normalized spacial score (nSPS) is 13.1. The van der Waals surface area contributed by atoms with E-state index in [4.69, 9.17) is 5.73 Å². The average Bonchev–Trinajstić information content (AvgIpc) is 2.25. The van der Waals surface area contributed by atoms with Gasteiger partial charge in [0, 0.05) is 10.2 Å². The van der Waals surface area contributed by atoms with E-state index >= 15 is 0 Å². The molecule has 19 heavy (non-hydrogen) atoms. The molecule has 1 aromatic rings. The van der Waals surface area contributed by atoms with Crippen molar-refractivity contribution < 1.29 is 22.2 Å². The van der Waals surface area contributed by atoms with Crippen molar-refractivity contribution in [1.29, 1.82) is 0 Å². The van der Waals surface area contributed by atoms with Gasteiger partial charge in [-0.15, -0.1) is 0 Å². The zero-order chi connectivity index (χ0) is 14.6. The van der Waals surface area contributed by atoms with E-state index in [0.29, 0.717) is 4.47 Å². The van der Waals surface area contributed by atoms with E-state index in [9.17, 15) is 22.2 Å². The number of carbonyl (C=O) groups is 1. The largest absolute Gasteiger partial charge is 0.405 e. The Balaban J connectivity index is 2.62. The maximum Gasteiger partial charge on any atom is 0.405 e. The van der Waals surface area contributed by atoms with Crippen LogP contribution < -0.4 is 11.1 Å². The Labute approximate surface area is 118 Å². The summed E-state index contributed by atoms with van der Waals surface area (Å²) in [5.74, 6) is -1.51. The molecular formula is C10H10BrF3N2O2S. The van der Waals surface area contributed by atoms with E-state index in [1.54, 1.807) is 11.4 Å². The maximum atomic E-state index is 11.9. The lowest BCUT2D eigenvalue weighted by Crippen LogP contribution is -2.36. The fraction of sp³-hybridized carbons (Fsp3) is 0.300. The van der Waals surface area contributed by atoms with Crippen LogP contribution >= 0.6 is 15.9 Å². The lowest BCUT2D eigenvalue weighted by atomic mass is 10.3. The molecule has 9 heteroatoms. The van der Waals surface area contributed by atoms with Crippen molar-refractivity contribution in [2.24, 2.45) is 0 Å². The molecule has 1 aromatic carbocycles. The van der Waals surface area contributed by atoms with Crippen LogP contribution in [0.1, 0.15) is 0 Å². The number of hydrogen-bond donors (Lipinski definition) is 2. The lowest BCUT2D eigenvalue weighted by Gasteiger charge is -2.09. The van der Waals surface area contributed by atoms with Gasteiger partial charge < -0.3 is 11.1 Å². The SMILES string of the molecule is Nc1cc(Br)ccc1S(=O)CC(=O)NCC(F)(F)F. The van der Waals surface area contributed by atoms with Crippen molar-refractivity contribution in [2.75, 3.05) is 18.0 Å². The van der Waals surface area contributed by atoms with Gasteiger partial charge in [0.1, 0.15) is 12.3 Å². The topological polar surface area (TPSA) is 72.2 Å². The van der Waals surface area contributed by atoms with Crippen LogP contribution in [0.15, 0.2) is 27.6 Å². The first kappa shape index (κ1) is 16.0. The molecule has 106 valence electrons. The summed E-state index contributed by atoms with van der Waals surface area (Å²) in [6.45, 7) is -1.45. The minimum Gasteiger partial charge on any atom is -0.398 e. The first-order valence-corrected chi connectivity index (χ1v) is 7.07. The zero-order valence-corrected chi connectivity index (χ0v) is 11.9. The third-order valence-corrected chi connectivity index (χ3v) is 3.85. The third-order valence-electron chi connectivity index (χ3n) is 1.97. The highest BCUT2D eigenvalue weighted by Gasteiger charge is 2.28. The quantitative estimate of drug-likeness (QED) is 0.806. The first-order chi connectivity index (χ1) is 8.69. The summed E-state index contributed by atoms with van der Waals surface area (Å²) in [5, 5.41) is 1.65. The van der Waals surface area contributed by atoms with Crippen molar-refractivity contribution in [3.63, 3.8) is 0 Å². The molecule has 0 aromatic heterocycles. The molecule has 0 saturated carbocycles. The predicted octanol–water partition coefficient (Wildman–Crippen LogP) is 1.82. The summed E-state index contributed by atoms with van der Waals surface area (Å²) in [4.78, 5) is 11.4. The third kappa shape index (κ3) is 5.60. The number of hydrogen-bond acceptors (Lipinski definition) is 3. The van der Waals surface area contributed by atoms with Crippen LogP contribution in [0.5, 0.6) is 0 Å². The van der Waals surface area contributed by atoms with Crippen LogP contribution in [0.3, 0.4) is 0 Å². The fourth-order valence-corrected chi connectivity index (χ4v) is 2.59. The Morgan fingerprint density at radius 1 is 1.42 bits per heavy atom. The van der Waals surface area contributed by atoms with Gasteiger partial charge in [0.2, 0.25) is 5.91 Å². The van der Waals surface area contributed by atoms with Crippen molar-refractivity contribution in [1.82, 2.24) is 5.32 Å². The first-order valence-electron chi connectivity index (χ1n) is 4.96. The molecule has 1 rings (SSSR count). The summed E-state index contributed by atoms with van der Waals surface area (Å²) >= 11 is 3.16. The molecule has 1 unspecified atom stereocenters. The Bertz CT molecular complexity index is 508. The van der Waals surface area contributed by atoms with Gasteiger partial charge in [0.05, 0.1) is 15.7 Å². The Morgan fingerprint density at radius 3 is 2.58 bits per heavy atom. The van der Waals surface area contributed by atoms with Crippen LogP contribution in [0, 0.1) is 0 Å². The maximum absolute atomic E-state index is 11.9. The van der Waals surface area contributed by atoms with E-state index < -0.39 is 35.2 Å². The molecular weight excluding hydrogens is 349 g/mol. The summed E-state index contributed by atoms with van der Waals surface area (Å²) < 4.78 is 48.1. The van der Waals surface area contributed by atoms with Gasteiger partial charge in [0.25, 0.3) is 0 Å². The second-order valence-electron chi connectivity index (χ2n) is 3.56. The van der Waals surface area contributed by atoms with Crippen LogP contribution in [0.4, 0.5) is 18.9 Å². The minimum absolute atomic E-state index is 0.205. The van der Waals surface area contributed by atoms with E-state index in [1.165, 1.54) is 12.1 Å². The minimum atomic E-state index is -4.49. The second-order valence-corrected chi connectivity index (χ2v) is 5.90. The number of nitrogen functional groups attached to an aromatic ring is 1. The van der Waals surface area contributed by atoms with Crippen molar-refractivity contribution in [2.45, 2.75) is 11.1 Å². The highest BCUT2D eigenvalue weighted by atomic mass is 79.9.